The van der Waals surface area contributed by atoms with E-state index >= 15 is 0 Å². The number of carbonyl (C=O) groups excluding carboxylic acids is 1. The molecule has 2 heterocycles. The van der Waals surface area contributed by atoms with Crippen LogP contribution in [-0.2, 0) is 4.79 Å². The Kier molecular flexibility index (Phi) is 5.58. The SMILES string of the molecule is CC(=O)N[C@@H](C)COc1ccc2nc(-c3cnc(OCC4CC4)c(Cl)c3)oc2c1. The maximum absolute atomic E-state index is 11.1. The first kappa shape index (κ1) is 19.5. The molecule has 1 N–H and O–H groups in total. The highest BCUT2D eigenvalue weighted by atomic mass is 35.5. The third-order valence-electron chi connectivity index (χ3n) is 4.52. The molecule has 0 aliphatic heterocycles. The first-order valence-corrected chi connectivity index (χ1v) is 9.95. The molecule has 1 fully saturated rings. The predicted molar refractivity (Wildman–Crippen MR) is 109 cm³/mol. The highest BCUT2D eigenvalue weighted by Crippen LogP contribution is 2.33. The number of benzene rings is 1. The largest absolute Gasteiger partial charge is 0.491 e. The van der Waals surface area contributed by atoms with E-state index < -0.39 is 0 Å². The van der Waals surface area contributed by atoms with Crippen LogP contribution >= 0.6 is 11.6 Å². The summed E-state index contributed by atoms with van der Waals surface area (Å²) in [5, 5.41) is 3.21. The van der Waals surface area contributed by atoms with E-state index in [1.165, 1.54) is 19.8 Å². The summed E-state index contributed by atoms with van der Waals surface area (Å²) in [6, 6.07) is 7.06. The van der Waals surface area contributed by atoms with Gasteiger partial charge in [0.25, 0.3) is 0 Å². The molecule has 4 rings (SSSR count). The van der Waals surface area contributed by atoms with Crippen molar-refractivity contribution in [2.24, 2.45) is 5.92 Å². The molecular formula is C21H22ClN3O4. The Labute approximate surface area is 173 Å². The molecule has 8 heteroatoms. The molecule has 0 unspecified atom stereocenters. The van der Waals surface area contributed by atoms with Gasteiger partial charge in [0.1, 0.15) is 22.9 Å². The van der Waals surface area contributed by atoms with Gasteiger partial charge in [0.05, 0.1) is 18.2 Å². The minimum atomic E-state index is -0.0950. The Bertz CT molecular complexity index is 1030. The lowest BCUT2D eigenvalue weighted by Crippen LogP contribution is -2.35. The molecule has 1 amide bonds. The van der Waals surface area contributed by atoms with Crippen LogP contribution in [0.1, 0.15) is 26.7 Å². The molecule has 1 atom stereocenters. The van der Waals surface area contributed by atoms with Crippen LogP contribution < -0.4 is 14.8 Å². The topological polar surface area (TPSA) is 86.5 Å². The van der Waals surface area contributed by atoms with Crippen LogP contribution in [-0.4, -0.2) is 35.1 Å². The average molecular weight is 416 g/mol. The van der Waals surface area contributed by atoms with Gasteiger partial charge in [0, 0.05) is 19.2 Å². The van der Waals surface area contributed by atoms with E-state index in [0.29, 0.717) is 58.3 Å². The van der Waals surface area contributed by atoms with E-state index in [0.717, 1.165) is 0 Å². The van der Waals surface area contributed by atoms with Crippen molar-refractivity contribution >= 4 is 28.6 Å². The summed E-state index contributed by atoms with van der Waals surface area (Å²) in [6.07, 6.45) is 4.05. The zero-order valence-electron chi connectivity index (χ0n) is 16.3. The number of amides is 1. The van der Waals surface area contributed by atoms with Crippen LogP contribution in [0.5, 0.6) is 11.6 Å². The van der Waals surface area contributed by atoms with Crippen molar-refractivity contribution in [3.8, 4) is 23.1 Å². The first-order chi connectivity index (χ1) is 14.0. The highest BCUT2D eigenvalue weighted by Gasteiger charge is 2.23. The Balaban J connectivity index is 1.46. The average Bonchev–Trinajstić information content (AvgIpc) is 3.41. The molecule has 1 saturated carbocycles. The Hall–Kier alpha value is -2.80. The minimum Gasteiger partial charge on any atom is -0.491 e. The van der Waals surface area contributed by atoms with Crippen LogP contribution in [0.3, 0.4) is 0 Å². The van der Waals surface area contributed by atoms with Crippen LogP contribution in [0.4, 0.5) is 0 Å². The summed E-state index contributed by atoms with van der Waals surface area (Å²) in [7, 11) is 0. The van der Waals surface area contributed by atoms with Gasteiger partial charge < -0.3 is 19.2 Å². The molecule has 29 heavy (non-hydrogen) atoms. The van der Waals surface area contributed by atoms with E-state index in [-0.39, 0.29) is 11.9 Å². The van der Waals surface area contributed by atoms with Crippen molar-refractivity contribution in [3.63, 3.8) is 0 Å². The number of hydrogen-bond acceptors (Lipinski definition) is 6. The van der Waals surface area contributed by atoms with Gasteiger partial charge in [-0.25, -0.2) is 9.97 Å². The molecule has 7 nitrogen and oxygen atoms in total. The summed E-state index contributed by atoms with van der Waals surface area (Å²) >= 11 is 6.31. The number of pyridine rings is 1. The van der Waals surface area contributed by atoms with Gasteiger partial charge >= 0.3 is 0 Å². The summed E-state index contributed by atoms with van der Waals surface area (Å²) in [6.45, 7) is 4.36. The van der Waals surface area contributed by atoms with E-state index in [1.807, 2.05) is 19.1 Å². The molecule has 0 spiro atoms. The van der Waals surface area contributed by atoms with E-state index in [4.69, 9.17) is 25.5 Å². The normalized spacial score (nSPS) is 14.6. The predicted octanol–water partition coefficient (Wildman–Crippen LogP) is 4.24. The molecule has 0 saturated heterocycles. The number of rotatable bonds is 8. The van der Waals surface area contributed by atoms with Gasteiger partial charge in [-0.15, -0.1) is 0 Å². The summed E-state index contributed by atoms with van der Waals surface area (Å²) in [4.78, 5) is 19.9. The number of hydrogen-bond donors (Lipinski definition) is 1. The van der Waals surface area contributed by atoms with Crippen LogP contribution in [0.25, 0.3) is 22.6 Å². The van der Waals surface area contributed by atoms with Crippen molar-refractivity contribution in [3.05, 3.63) is 35.5 Å². The fraction of sp³-hybridized carbons (Fsp3) is 0.381. The standard InChI is InChI=1S/C21H22ClN3O4/c1-12(24-13(2)26)10-27-16-5-6-18-19(8-16)29-20(25-18)15-7-17(22)21(23-9-15)28-11-14-3-4-14/h5-9,12,14H,3-4,10-11H2,1-2H3,(H,24,26)/t12-/m0/s1. The maximum Gasteiger partial charge on any atom is 0.232 e. The molecule has 152 valence electrons. The Morgan fingerprint density at radius 1 is 1.34 bits per heavy atom. The zero-order chi connectivity index (χ0) is 20.4. The van der Waals surface area contributed by atoms with Gasteiger partial charge in [-0.1, -0.05) is 11.6 Å². The molecule has 1 aliphatic rings. The lowest BCUT2D eigenvalue weighted by Gasteiger charge is -2.13. The van der Waals surface area contributed by atoms with Crippen molar-refractivity contribution in [1.29, 1.82) is 0 Å². The third-order valence-corrected chi connectivity index (χ3v) is 4.79. The molecule has 3 aromatic rings. The molecule has 2 aromatic heterocycles. The number of fused-ring (bicyclic) bond motifs is 1. The van der Waals surface area contributed by atoms with Gasteiger partial charge in [-0.2, -0.15) is 0 Å². The second-order valence-electron chi connectivity index (χ2n) is 7.33. The number of carbonyl (C=O) groups is 1. The monoisotopic (exact) mass is 415 g/mol. The smallest absolute Gasteiger partial charge is 0.232 e. The molecular weight excluding hydrogens is 394 g/mol. The lowest BCUT2D eigenvalue weighted by molar-refractivity contribution is -0.119. The fourth-order valence-electron chi connectivity index (χ4n) is 2.86. The quantitative estimate of drug-likeness (QED) is 0.592. The number of nitrogens with one attached hydrogen (secondary N) is 1. The van der Waals surface area contributed by atoms with Gasteiger partial charge in [-0.3, -0.25) is 4.79 Å². The number of halogens is 1. The molecule has 1 aromatic carbocycles. The second kappa shape index (κ2) is 8.29. The number of oxazole rings is 1. The number of ether oxygens (including phenoxy) is 2. The van der Waals surface area contributed by atoms with Crippen molar-refractivity contribution < 1.29 is 18.7 Å². The fourth-order valence-corrected chi connectivity index (χ4v) is 3.08. The first-order valence-electron chi connectivity index (χ1n) is 9.57. The zero-order valence-corrected chi connectivity index (χ0v) is 17.0. The van der Waals surface area contributed by atoms with Crippen molar-refractivity contribution in [2.45, 2.75) is 32.7 Å². The van der Waals surface area contributed by atoms with E-state index in [1.54, 1.807) is 18.3 Å². The number of nitrogens with zero attached hydrogens (tertiary/aromatic N) is 2. The van der Waals surface area contributed by atoms with Crippen molar-refractivity contribution in [1.82, 2.24) is 15.3 Å². The highest BCUT2D eigenvalue weighted by molar-refractivity contribution is 6.32. The molecule has 0 bridgehead atoms. The summed E-state index contributed by atoms with van der Waals surface area (Å²) in [5.41, 5.74) is 1.97. The molecule has 0 radical (unpaired) electrons. The third kappa shape index (κ3) is 4.98. The Morgan fingerprint density at radius 3 is 2.90 bits per heavy atom. The van der Waals surface area contributed by atoms with Gasteiger partial charge in [0.15, 0.2) is 5.58 Å². The summed E-state index contributed by atoms with van der Waals surface area (Å²) in [5.74, 6) is 2.03. The van der Waals surface area contributed by atoms with Crippen LogP contribution in [0.15, 0.2) is 34.9 Å². The van der Waals surface area contributed by atoms with Gasteiger partial charge in [0.2, 0.25) is 17.7 Å². The van der Waals surface area contributed by atoms with E-state index in [2.05, 4.69) is 15.3 Å². The lowest BCUT2D eigenvalue weighted by atomic mass is 10.3. The minimum absolute atomic E-state index is 0.0901. The van der Waals surface area contributed by atoms with Crippen LogP contribution in [0.2, 0.25) is 5.02 Å². The van der Waals surface area contributed by atoms with Crippen molar-refractivity contribution in [2.75, 3.05) is 13.2 Å². The Morgan fingerprint density at radius 2 is 2.17 bits per heavy atom. The van der Waals surface area contributed by atoms with Crippen LogP contribution in [0, 0.1) is 5.92 Å². The number of aromatic nitrogens is 2. The second-order valence-corrected chi connectivity index (χ2v) is 7.73. The molecule has 1 aliphatic carbocycles. The van der Waals surface area contributed by atoms with Gasteiger partial charge in [-0.05, 0) is 43.9 Å². The maximum atomic E-state index is 11.1. The summed E-state index contributed by atoms with van der Waals surface area (Å²) < 4.78 is 17.3. The van der Waals surface area contributed by atoms with E-state index in [9.17, 15) is 4.79 Å².